The van der Waals surface area contributed by atoms with Gasteiger partial charge in [0, 0.05) is 31.2 Å². The van der Waals surface area contributed by atoms with E-state index in [0.29, 0.717) is 25.1 Å². The smallest absolute Gasteiger partial charge is 0.244 e. The number of hydrogen-bond donors (Lipinski definition) is 1. The summed E-state index contributed by atoms with van der Waals surface area (Å²) >= 11 is 0. The summed E-state index contributed by atoms with van der Waals surface area (Å²) in [5, 5.41) is 3.32. The molecule has 1 N–H and O–H groups in total. The van der Waals surface area contributed by atoms with Crippen LogP contribution in [0, 0.1) is 11.6 Å². The molecule has 0 saturated heterocycles. The number of halogens is 2. The Bertz CT molecular complexity index is 936. The predicted octanol–water partition coefficient (Wildman–Crippen LogP) is 5.25. The zero-order valence-corrected chi connectivity index (χ0v) is 17.9. The van der Waals surface area contributed by atoms with Crippen molar-refractivity contribution < 1.29 is 13.6 Å². The fourth-order valence-electron chi connectivity index (χ4n) is 4.91. The summed E-state index contributed by atoms with van der Waals surface area (Å²) in [5.74, 6) is -1.51. The lowest BCUT2D eigenvalue weighted by atomic mass is 9.79. The zero-order chi connectivity index (χ0) is 21.7. The average Bonchev–Trinajstić information content (AvgIpc) is 2.80. The Labute approximate surface area is 183 Å². The lowest BCUT2D eigenvalue weighted by Gasteiger charge is -2.40. The molecule has 0 radical (unpaired) electrons. The van der Waals surface area contributed by atoms with Crippen LogP contribution in [0.15, 0.2) is 48.5 Å². The fraction of sp³-hybridized carbons (Fsp3) is 0.423. The maximum absolute atomic E-state index is 14.0. The van der Waals surface area contributed by atoms with Crippen LogP contribution in [0.5, 0.6) is 0 Å². The summed E-state index contributed by atoms with van der Waals surface area (Å²) in [4.78, 5) is 15.0. The molecule has 5 heteroatoms. The van der Waals surface area contributed by atoms with Gasteiger partial charge in [-0.15, -0.1) is 0 Å². The van der Waals surface area contributed by atoms with Gasteiger partial charge in [0.25, 0.3) is 0 Å². The Kier molecular flexibility index (Phi) is 6.81. The second kappa shape index (κ2) is 9.73. The first kappa shape index (κ1) is 21.7. The average molecular weight is 425 g/mol. The highest BCUT2D eigenvalue weighted by Crippen LogP contribution is 2.32. The van der Waals surface area contributed by atoms with E-state index < -0.39 is 11.6 Å². The van der Waals surface area contributed by atoms with E-state index in [-0.39, 0.29) is 11.4 Å². The molecule has 1 aliphatic carbocycles. The van der Waals surface area contributed by atoms with E-state index in [9.17, 15) is 13.6 Å². The van der Waals surface area contributed by atoms with E-state index in [1.165, 1.54) is 12.5 Å². The number of nitrogens with zero attached hydrogens (tertiary/aromatic N) is 1. The molecule has 3 nitrogen and oxygen atoms in total. The van der Waals surface area contributed by atoms with Crippen molar-refractivity contribution >= 4 is 12.0 Å². The van der Waals surface area contributed by atoms with E-state index in [1.54, 1.807) is 12.1 Å². The first-order valence-corrected chi connectivity index (χ1v) is 11.3. The van der Waals surface area contributed by atoms with Crippen LogP contribution in [0.4, 0.5) is 8.78 Å². The van der Waals surface area contributed by atoms with Gasteiger partial charge in [0.15, 0.2) is 11.6 Å². The van der Waals surface area contributed by atoms with Gasteiger partial charge in [0.05, 0.1) is 0 Å². The minimum atomic E-state index is -0.764. The molecule has 2 aromatic carbocycles. The quantitative estimate of drug-likeness (QED) is 0.643. The summed E-state index contributed by atoms with van der Waals surface area (Å²) in [6, 6.07) is 12.7. The Morgan fingerprint density at radius 2 is 1.84 bits per heavy atom. The molecule has 1 aliphatic heterocycles. The molecule has 0 unspecified atom stereocenters. The van der Waals surface area contributed by atoms with Crippen LogP contribution in [0.2, 0.25) is 0 Å². The Morgan fingerprint density at radius 1 is 1.06 bits per heavy atom. The third-order valence-corrected chi connectivity index (χ3v) is 6.70. The molecule has 1 saturated carbocycles. The molecule has 0 aromatic heterocycles. The molecule has 2 aromatic rings. The van der Waals surface area contributed by atoms with Crippen LogP contribution >= 0.6 is 0 Å². The van der Waals surface area contributed by atoms with Gasteiger partial charge in [-0.05, 0) is 54.5 Å². The van der Waals surface area contributed by atoms with Crippen molar-refractivity contribution in [1.29, 1.82) is 0 Å². The number of carbonyl (C=O) groups excluding carboxylic acids is 1. The van der Waals surface area contributed by atoms with Crippen molar-refractivity contribution in [3.05, 3.63) is 76.9 Å². The zero-order valence-electron chi connectivity index (χ0n) is 17.9. The van der Waals surface area contributed by atoms with Crippen molar-refractivity contribution in [2.45, 2.75) is 57.0 Å². The molecule has 0 spiro atoms. The maximum atomic E-state index is 14.0. The van der Waals surface area contributed by atoms with Crippen LogP contribution in [-0.4, -0.2) is 29.4 Å². The molecule has 2 aliphatic rings. The van der Waals surface area contributed by atoms with Gasteiger partial charge in [-0.3, -0.25) is 9.69 Å². The molecule has 0 atom stereocenters. The molecule has 1 amide bonds. The first-order valence-electron chi connectivity index (χ1n) is 11.3. The summed E-state index contributed by atoms with van der Waals surface area (Å²) in [6.07, 6.45) is 10.3. The number of rotatable bonds is 6. The van der Waals surface area contributed by atoms with Gasteiger partial charge < -0.3 is 5.32 Å². The monoisotopic (exact) mass is 424 g/mol. The van der Waals surface area contributed by atoms with Gasteiger partial charge in [-0.25, -0.2) is 8.78 Å². The largest absolute Gasteiger partial charge is 0.347 e. The van der Waals surface area contributed by atoms with Crippen molar-refractivity contribution in [2.75, 3.05) is 13.1 Å². The van der Waals surface area contributed by atoms with Crippen LogP contribution < -0.4 is 5.32 Å². The van der Waals surface area contributed by atoms with Gasteiger partial charge in [-0.2, -0.15) is 0 Å². The van der Waals surface area contributed by atoms with Crippen LogP contribution in [0.1, 0.15) is 55.2 Å². The normalized spacial score (nSPS) is 18.6. The summed E-state index contributed by atoms with van der Waals surface area (Å²) in [5.41, 5.74) is 2.21. The summed E-state index contributed by atoms with van der Waals surface area (Å²) in [6.45, 7) is 2.18. The highest BCUT2D eigenvalue weighted by Gasteiger charge is 2.34. The fourth-order valence-corrected chi connectivity index (χ4v) is 4.91. The van der Waals surface area contributed by atoms with E-state index in [1.807, 2.05) is 36.4 Å². The molecular weight excluding hydrogens is 394 g/mol. The van der Waals surface area contributed by atoms with E-state index in [2.05, 4.69) is 10.2 Å². The molecule has 1 heterocycles. The summed E-state index contributed by atoms with van der Waals surface area (Å²) in [7, 11) is 0. The molecule has 0 bridgehead atoms. The van der Waals surface area contributed by atoms with Crippen LogP contribution in [0.3, 0.4) is 0 Å². The van der Waals surface area contributed by atoms with Gasteiger partial charge in [-0.1, -0.05) is 55.7 Å². The standard InChI is InChI=1S/C26H30F2N2O/c27-23-11-10-21-19-30(17-13-22(21)25(23)28)18-16-26(14-5-2-6-15-26)29-24(31)12-9-20-7-3-1-4-8-20/h1,3-4,7-12H,2,5-6,13-19H2,(H,29,31). The number of hydrogen-bond acceptors (Lipinski definition) is 2. The minimum absolute atomic E-state index is 0.0488. The van der Waals surface area contributed by atoms with Crippen molar-refractivity contribution in [3.8, 4) is 0 Å². The van der Waals surface area contributed by atoms with Crippen molar-refractivity contribution in [1.82, 2.24) is 10.2 Å². The number of amides is 1. The molecule has 4 rings (SSSR count). The van der Waals surface area contributed by atoms with Crippen LogP contribution in [0.25, 0.3) is 6.08 Å². The van der Waals surface area contributed by atoms with E-state index in [4.69, 9.17) is 0 Å². The second-order valence-electron chi connectivity index (χ2n) is 8.85. The Morgan fingerprint density at radius 3 is 2.61 bits per heavy atom. The SMILES string of the molecule is O=C(C=Cc1ccccc1)NC1(CCN2CCc3c(ccc(F)c3F)C2)CCCCC1. The molecule has 164 valence electrons. The third kappa shape index (κ3) is 5.40. The number of fused-ring (bicyclic) bond motifs is 1. The topological polar surface area (TPSA) is 32.3 Å². The lowest BCUT2D eigenvalue weighted by molar-refractivity contribution is -0.118. The minimum Gasteiger partial charge on any atom is -0.347 e. The predicted molar refractivity (Wildman–Crippen MR) is 119 cm³/mol. The maximum Gasteiger partial charge on any atom is 0.244 e. The van der Waals surface area contributed by atoms with E-state index >= 15 is 0 Å². The molecule has 31 heavy (non-hydrogen) atoms. The third-order valence-electron chi connectivity index (χ3n) is 6.70. The Hall–Kier alpha value is -2.53. The first-order chi connectivity index (χ1) is 15.0. The summed E-state index contributed by atoms with van der Waals surface area (Å²) < 4.78 is 27.5. The van der Waals surface area contributed by atoms with Crippen LogP contribution in [-0.2, 0) is 17.8 Å². The number of carbonyl (C=O) groups is 1. The van der Waals surface area contributed by atoms with Crippen molar-refractivity contribution in [3.63, 3.8) is 0 Å². The van der Waals surface area contributed by atoms with Gasteiger partial charge in [0.2, 0.25) is 5.91 Å². The Balaban J connectivity index is 1.38. The second-order valence-corrected chi connectivity index (χ2v) is 8.85. The van der Waals surface area contributed by atoms with Crippen molar-refractivity contribution in [2.24, 2.45) is 0 Å². The number of benzene rings is 2. The molecule has 1 fully saturated rings. The van der Waals surface area contributed by atoms with Gasteiger partial charge >= 0.3 is 0 Å². The number of nitrogens with one attached hydrogen (secondary N) is 1. The molecular formula is C26H30F2N2O. The highest BCUT2D eigenvalue weighted by atomic mass is 19.2. The highest BCUT2D eigenvalue weighted by molar-refractivity contribution is 5.92. The van der Waals surface area contributed by atoms with Gasteiger partial charge in [0.1, 0.15) is 0 Å². The lowest BCUT2D eigenvalue weighted by Crippen LogP contribution is -2.51. The van der Waals surface area contributed by atoms with E-state index in [0.717, 1.165) is 49.8 Å².